The van der Waals surface area contributed by atoms with Crippen LogP contribution in [-0.4, -0.2) is 44.3 Å². The zero-order valence-electron chi connectivity index (χ0n) is 21.8. The summed E-state index contributed by atoms with van der Waals surface area (Å²) in [4.78, 5) is 28.4. The Kier molecular flexibility index (Phi) is 10.7. The Bertz CT molecular complexity index is 1410. The van der Waals surface area contributed by atoms with Crippen LogP contribution in [0.3, 0.4) is 0 Å². The van der Waals surface area contributed by atoms with Crippen molar-refractivity contribution in [2.75, 3.05) is 17.4 Å². The molecule has 7 nitrogen and oxygen atoms in total. The van der Waals surface area contributed by atoms with E-state index in [0.29, 0.717) is 27.2 Å². The highest BCUT2D eigenvalue weighted by Crippen LogP contribution is 2.30. The number of sulfonamides is 1. The summed E-state index contributed by atoms with van der Waals surface area (Å²) in [5, 5.41) is 3.75. The molecule has 3 aromatic carbocycles. The SMILES string of the molecule is CCNC(=O)[C@@H](CC)N(Cc1c(Cl)cccc1Cl)C(=O)CN(c1ccc(C)c(Cl)c1)S(=O)(=O)c1ccccc1. The molecule has 0 aromatic heterocycles. The summed E-state index contributed by atoms with van der Waals surface area (Å²) < 4.78 is 28.6. The van der Waals surface area contributed by atoms with Crippen molar-refractivity contribution >= 4 is 62.3 Å². The molecule has 0 bridgehead atoms. The highest BCUT2D eigenvalue weighted by atomic mass is 35.5. The van der Waals surface area contributed by atoms with Crippen LogP contribution in [0.15, 0.2) is 71.6 Å². The largest absolute Gasteiger partial charge is 0.355 e. The smallest absolute Gasteiger partial charge is 0.264 e. The van der Waals surface area contributed by atoms with Crippen LogP contribution in [0.5, 0.6) is 0 Å². The van der Waals surface area contributed by atoms with Crippen molar-refractivity contribution in [2.24, 2.45) is 0 Å². The topological polar surface area (TPSA) is 86.8 Å². The second kappa shape index (κ2) is 13.5. The Hall–Kier alpha value is -2.78. The van der Waals surface area contributed by atoms with Crippen LogP contribution in [0, 0.1) is 6.92 Å². The van der Waals surface area contributed by atoms with Crippen LogP contribution in [0.1, 0.15) is 31.4 Å². The van der Waals surface area contributed by atoms with Gasteiger partial charge in [-0.1, -0.05) is 72.1 Å². The Labute approximate surface area is 244 Å². The quantitative estimate of drug-likeness (QED) is 0.285. The van der Waals surface area contributed by atoms with E-state index in [0.717, 1.165) is 9.87 Å². The van der Waals surface area contributed by atoms with Crippen molar-refractivity contribution in [3.63, 3.8) is 0 Å². The van der Waals surface area contributed by atoms with E-state index in [1.807, 2.05) is 0 Å². The number of aryl methyl sites for hydroxylation is 1. The van der Waals surface area contributed by atoms with Crippen LogP contribution in [0.4, 0.5) is 5.69 Å². The fraction of sp³-hybridized carbons (Fsp3) is 0.286. The van der Waals surface area contributed by atoms with Crippen LogP contribution in [-0.2, 0) is 26.2 Å². The highest BCUT2D eigenvalue weighted by molar-refractivity contribution is 7.92. The van der Waals surface area contributed by atoms with E-state index in [2.05, 4.69) is 5.32 Å². The molecular formula is C28H30Cl3N3O4S. The van der Waals surface area contributed by atoms with Gasteiger partial charge in [-0.05, 0) is 62.2 Å². The van der Waals surface area contributed by atoms with Gasteiger partial charge in [-0.3, -0.25) is 13.9 Å². The molecule has 0 saturated carbocycles. The molecule has 3 aromatic rings. The number of rotatable bonds is 11. The Morgan fingerprint density at radius 3 is 2.10 bits per heavy atom. The van der Waals surface area contributed by atoms with E-state index >= 15 is 0 Å². The summed E-state index contributed by atoms with van der Waals surface area (Å²) in [7, 11) is -4.19. The van der Waals surface area contributed by atoms with Crippen molar-refractivity contribution in [3.05, 3.63) is 92.9 Å². The Balaban J connectivity index is 2.11. The summed E-state index contributed by atoms with van der Waals surface area (Å²) in [6.45, 7) is 5.01. The van der Waals surface area contributed by atoms with E-state index in [1.54, 1.807) is 69.3 Å². The Morgan fingerprint density at radius 1 is 0.897 bits per heavy atom. The number of halogens is 3. The first kappa shape index (κ1) is 30.8. The number of nitrogens with one attached hydrogen (secondary N) is 1. The van der Waals surface area contributed by atoms with Crippen LogP contribution in [0.25, 0.3) is 0 Å². The third-order valence-corrected chi connectivity index (χ3v) is 9.08. The van der Waals surface area contributed by atoms with Crippen molar-refractivity contribution in [3.8, 4) is 0 Å². The van der Waals surface area contributed by atoms with Gasteiger partial charge in [-0.2, -0.15) is 0 Å². The molecule has 0 spiro atoms. The standard InChI is InChI=1S/C28H30Cl3N3O4S/c1-4-26(28(36)32-5-2)33(17-22-23(29)12-9-13-24(22)30)27(35)18-34(20-15-14-19(3)25(31)16-20)39(37,38)21-10-7-6-8-11-21/h6-16,26H,4-5,17-18H2,1-3H3,(H,32,36)/t26-/m1/s1. The first-order valence-electron chi connectivity index (χ1n) is 12.3. The van der Waals surface area contributed by atoms with Gasteiger partial charge in [0.2, 0.25) is 11.8 Å². The molecular weight excluding hydrogens is 581 g/mol. The molecule has 11 heteroatoms. The van der Waals surface area contributed by atoms with E-state index in [1.165, 1.54) is 23.1 Å². The lowest BCUT2D eigenvalue weighted by molar-refractivity contribution is -0.140. The number of carbonyl (C=O) groups excluding carboxylic acids is 2. The fourth-order valence-electron chi connectivity index (χ4n) is 4.05. The third-order valence-electron chi connectivity index (χ3n) is 6.18. The molecule has 0 aliphatic carbocycles. The fourth-order valence-corrected chi connectivity index (χ4v) is 6.17. The molecule has 2 amide bonds. The minimum absolute atomic E-state index is 0.00552. The van der Waals surface area contributed by atoms with Gasteiger partial charge in [0.1, 0.15) is 12.6 Å². The highest BCUT2D eigenvalue weighted by Gasteiger charge is 2.34. The first-order valence-corrected chi connectivity index (χ1v) is 14.9. The van der Waals surface area contributed by atoms with Gasteiger partial charge in [0.25, 0.3) is 10.0 Å². The summed E-state index contributed by atoms with van der Waals surface area (Å²) >= 11 is 19.2. The van der Waals surface area contributed by atoms with E-state index in [-0.39, 0.29) is 29.5 Å². The van der Waals surface area contributed by atoms with E-state index < -0.39 is 28.5 Å². The molecule has 208 valence electrons. The lowest BCUT2D eigenvalue weighted by Gasteiger charge is -2.33. The molecule has 0 aliphatic heterocycles. The molecule has 3 rings (SSSR count). The molecule has 0 aliphatic rings. The van der Waals surface area contributed by atoms with Crippen molar-refractivity contribution in [1.29, 1.82) is 0 Å². The number of amides is 2. The average Bonchev–Trinajstić information content (AvgIpc) is 2.91. The number of benzene rings is 3. The van der Waals surface area contributed by atoms with Gasteiger partial charge >= 0.3 is 0 Å². The zero-order valence-corrected chi connectivity index (χ0v) is 24.9. The van der Waals surface area contributed by atoms with Gasteiger partial charge < -0.3 is 10.2 Å². The Morgan fingerprint density at radius 2 is 1.54 bits per heavy atom. The molecule has 0 radical (unpaired) electrons. The van der Waals surface area contributed by atoms with Gasteiger partial charge in [-0.25, -0.2) is 8.42 Å². The van der Waals surface area contributed by atoms with E-state index in [9.17, 15) is 18.0 Å². The number of likely N-dealkylation sites (N-methyl/N-ethyl adjacent to an activating group) is 1. The van der Waals surface area contributed by atoms with Gasteiger partial charge in [0, 0.05) is 33.7 Å². The van der Waals surface area contributed by atoms with E-state index in [4.69, 9.17) is 34.8 Å². The third kappa shape index (κ3) is 7.25. The lowest BCUT2D eigenvalue weighted by atomic mass is 10.1. The molecule has 39 heavy (non-hydrogen) atoms. The van der Waals surface area contributed by atoms with Crippen LogP contribution < -0.4 is 9.62 Å². The minimum atomic E-state index is -4.19. The molecule has 0 heterocycles. The van der Waals surface area contributed by atoms with Gasteiger partial charge in [-0.15, -0.1) is 0 Å². The monoisotopic (exact) mass is 609 g/mol. The zero-order chi connectivity index (χ0) is 28.7. The number of carbonyl (C=O) groups is 2. The molecule has 1 N–H and O–H groups in total. The molecule has 0 fully saturated rings. The predicted octanol–water partition coefficient (Wildman–Crippen LogP) is 6.09. The summed E-state index contributed by atoms with van der Waals surface area (Å²) in [6, 6.07) is 16.6. The van der Waals surface area contributed by atoms with Gasteiger partial charge in [0.05, 0.1) is 10.6 Å². The molecule has 0 unspecified atom stereocenters. The maximum atomic E-state index is 14.0. The lowest BCUT2D eigenvalue weighted by Crippen LogP contribution is -2.52. The maximum absolute atomic E-state index is 14.0. The summed E-state index contributed by atoms with van der Waals surface area (Å²) in [5.74, 6) is -0.979. The predicted molar refractivity (Wildman–Crippen MR) is 157 cm³/mol. The average molecular weight is 611 g/mol. The number of hydrogen-bond donors (Lipinski definition) is 1. The van der Waals surface area contributed by atoms with Crippen LogP contribution >= 0.6 is 34.8 Å². The first-order chi connectivity index (χ1) is 18.5. The summed E-state index contributed by atoms with van der Waals surface area (Å²) in [6.07, 6.45) is 0.279. The molecule has 0 saturated heterocycles. The second-order valence-electron chi connectivity index (χ2n) is 8.80. The van der Waals surface area contributed by atoms with Gasteiger partial charge in [0.15, 0.2) is 0 Å². The summed E-state index contributed by atoms with van der Waals surface area (Å²) in [5.41, 5.74) is 1.42. The minimum Gasteiger partial charge on any atom is -0.355 e. The second-order valence-corrected chi connectivity index (χ2v) is 11.9. The van der Waals surface area contributed by atoms with Crippen molar-refractivity contribution in [1.82, 2.24) is 10.2 Å². The maximum Gasteiger partial charge on any atom is 0.264 e. The molecule has 1 atom stereocenters. The number of nitrogens with zero attached hydrogens (tertiary/aromatic N) is 2. The normalized spacial score (nSPS) is 12.1. The van der Waals surface area contributed by atoms with Crippen molar-refractivity contribution in [2.45, 2.75) is 44.7 Å². The number of hydrogen-bond acceptors (Lipinski definition) is 4. The van der Waals surface area contributed by atoms with Crippen molar-refractivity contribution < 1.29 is 18.0 Å². The number of anilines is 1. The van der Waals surface area contributed by atoms with Crippen LogP contribution in [0.2, 0.25) is 15.1 Å².